The molecule has 1 N–H and O–H groups in total. The number of nitrogens with one attached hydrogen (secondary N) is 1. The van der Waals surface area contributed by atoms with Crippen molar-refractivity contribution >= 4 is 0 Å². The number of rotatable bonds is 5. The van der Waals surface area contributed by atoms with E-state index in [1.54, 1.807) is 12.1 Å². The van der Waals surface area contributed by atoms with E-state index in [4.69, 9.17) is 4.74 Å². The van der Waals surface area contributed by atoms with E-state index in [2.05, 4.69) is 19.2 Å². The Morgan fingerprint density at radius 3 is 2.50 bits per heavy atom. The van der Waals surface area contributed by atoms with Crippen molar-refractivity contribution in [2.75, 3.05) is 13.7 Å². The molecule has 0 heterocycles. The van der Waals surface area contributed by atoms with Gasteiger partial charge in [0.1, 0.15) is 11.6 Å². The van der Waals surface area contributed by atoms with Gasteiger partial charge in [-0.25, -0.2) is 4.39 Å². The maximum atomic E-state index is 13.7. The minimum absolute atomic E-state index is 0.0216. The van der Waals surface area contributed by atoms with Gasteiger partial charge in [-0.1, -0.05) is 19.9 Å². The van der Waals surface area contributed by atoms with Crippen LogP contribution in [0.3, 0.4) is 0 Å². The number of benzene rings is 1. The van der Waals surface area contributed by atoms with Gasteiger partial charge in [-0.3, -0.25) is 0 Å². The molecule has 0 aromatic heterocycles. The van der Waals surface area contributed by atoms with Crippen LogP contribution in [0.5, 0.6) is 5.75 Å². The molecule has 1 atom stereocenters. The zero-order chi connectivity index (χ0) is 12.1. The van der Waals surface area contributed by atoms with Crippen molar-refractivity contribution < 1.29 is 9.13 Å². The summed E-state index contributed by atoms with van der Waals surface area (Å²) >= 11 is 0. The van der Waals surface area contributed by atoms with Crippen LogP contribution in [0, 0.1) is 11.7 Å². The van der Waals surface area contributed by atoms with Gasteiger partial charge < -0.3 is 10.1 Å². The van der Waals surface area contributed by atoms with Crippen LogP contribution in [-0.2, 0) is 0 Å². The highest BCUT2D eigenvalue weighted by molar-refractivity contribution is 5.30. The fourth-order valence-corrected chi connectivity index (χ4v) is 1.51. The lowest BCUT2D eigenvalue weighted by Crippen LogP contribution is -2.23. The first-order valence-electron chi connectivity index (χ1n) is 5.61. The number of hydrogen-bond acceptors (Lipinski definition) is 2. The molecule has 16 heavy (non-hydrogen) atoms. The number of hydrogen-bond donors (Lipinski definition) is 1. The Kier molecular flexibility index (Phi) is 4.74. The molecule has 0 amide bonds. The van der Waals surface area contributed by atoms with E-state index in [0.29, 0.717) is 17.2 Å². The second-order valence-corrected chi connectivity index (χ2v) is 4.41. The number of halogens is 1. The van der Waals surface area contributed by atoms with Gasteiger partial charge in [0.05, 0.1) is 7.11 Å². The minimum Gasteiger partial charge on any atom is -0.497 e. The fraction of sp³-hybridized carbons (Fsp3) is 0.538. The summed E-state index contributed by atoms with van der Waals surface area (Å²) in [6.45, 7) is 7.11. The Morgan fingerprint density at radius 1 is 1.31 bits per heavy atom. The summed E-state index contributed by atoms with van der Waals surface area (Å²) in [5, 5.41) is 3.30. The van der Waals surface area contributed by atoms with Crippen LogP contribution < -0.4 is 10.1 Å². The second kappa shape index (κ2) is 5.85. The lowest BCUT2D eigenvalue weighted by atomic mass is 10.1. The summed E-state index contributed by atoms with van der Waals surface area (Å²) in [5.74, 6) is 0.893. The molecule has 0 aliphatic heterocycles. The average Bonchev–Trinajstić information content (AvgIpc) is 2.25. The summed E-state index contributed by atoms with van der Waals surface area (Å²) in [6.07, 6.45) is 0. The first kappa shape index (κ1) is 13.0. The molecular formula is C13H20FNO. The minimum atomic E-state index is -0.219. The summed E-state index contributed by atoms with van der Waals surface area (Å²) in [6, 6.07) is 4.99. The van der Waals surface area contributed by atoms with Crippen LogP contribution >= 0.6 is 0 Å². The number of methoxy groups -OCH3 is 1. The van der Waals surface area contributed by atoms with Gasteiger partial charge in [-0.2, -0.15) is 0 Å². The van der Waals surface area contributed by atoms with Gasteiger partial charge in [0, 0.05) is 17.7 Å². The largest absolute Gasteiger partial charge is 0.497 e. The average molecular weight is 225 g/mol. The lowest BCUT2D eigenvalue weighted by molar-refractivity contribution is 0.409. The maximum absolute atomic E-state index is 13.7. The molecule has 3 heteroatoms. The normalized spacial score (nSPS) is 12.9. The SMILES string of the molecule is COc1ccc(C(C)NCC(C)C)c(F)c1. The monoisotopic (exact) mass is 225 g/mol. The van der Waals surface area contributed by atoms with Gasteiger partial charge in [0.25, 0.3) is 0 Å². The molecule has 1 rings (SSSR count). The molecule has 0 aliphatic carbocycles. The molecule has 1 unspecified atom stereocenters. The second-order valence-electron chi connectivity index (χ2n) is 4.41. The fourth-order valence-electron chi connectivity index (χ4n) is 1.51. The molecule has 0 bridgehead atoms. The van der Waals surface area contributed by atoms with E-state index < -0.39 is 0 Å². The molecule has 0 aliphatic rings. The van der Waals surface area contributed by atoms with Crippen LogP contribution in [0.4, 0.5) is 4.39 Å². The zero-order valence-electron chi connectivity index (χ0n) is 10.4. The van der Waals surface area contributed by atoms with E-state index in [-0.39, 0.29) is 11.9 Å². The van der Waals surface area contributed by atoms with Crippen molar-refractivity contribution in [3.63, 3.8) is 0 Å². The summed E-state index contributed by atoms with van der Waals surface area (Å²) < 4.78 is 18.7. The molecule has 2 nitrogen and oxygen atoms in total. The van der Waals surface area contributed by atoms with Crippen molar-refractivity contribution in [3.05, 3.63) is 29.6 Å². The molecule has 1 aromatic rings. The number of ether oxygens (including phenoxy) is 1. The molecular weight excluding hydrogens is 205 g/mol. The smallest absolute Gasteiger partial charge is 0.131 e. The molecule has 0 radical (unpaired) electrons. The van der Waals surface area contributed by atoms with Gasteiger partial charge in [0.2, 0.25) is 0 Å². The highest BCUT2D eigenvalue weighted by Crippen LogP contribution is 2.21. The van der Waals surface area contributed by atoms with E-state index in [1.165, 1.54) is 13.2 Å². The first-order chi connectivity index (χ1) is 7.54. The predicted octanol–water partition coefficient (Wildman–Crippen LogP) is 3.14. The van der Waals surface area contributed by atoms with Gasteiger partial charge in [0.15, 0.2) is 0 Å². The summed E-state index contributed by atoms with van der Waals surface area (Å²) in [4.78, 5) is 0. The molecule has 0 saturated carbocycles. The molecule has 90 valence electrons. The lowest BCUT2D eigenvalue weighted by Gasteiger charge is -2.17. The molecule has 0 spiro atoms. The maximum Gasteiger partial charge on any atom is 0.131 e. The molecule has 0 fully saturated rings. The Labute approximate surface area is 96.8 Å². The third kappa shape index (κ3) is 3.49. The standard InChI is InChI=1S/C13H20FNO/c1-9(2)8-15-10(3)12-6-5-11(16-4)7-13(12)14/h5-7,9-10,15H,8H2,1-4H3. The van der Waals surface area contributed by atoms with Crippen molar-refractivity contribution in [2.24, 2.45) is 5.92 Å². The van der Waals surface area contributed by atoms with Crippen LogP contribution in [0.25, 0.3) is 0 Å². The predicted molar refractivity (Wildman–Crippen MR) is 64.2 cm³/mol. The van der Waals surface area contributed by atoms with E-state index >= 15 is 0 Å². The van der Waals surface area contributed by atoms with Crippen molar-refractivity contribution in [1.82, 2.24) is 5.32 Å². The zero-order valence-corrected chi connectivity index (χ0v) is 10.4. The third-order valence-corrected chi connectivity index (χ3v) is 2.51. The van der Waals surface area contributed by atoms with Crippen LogP contribution in [0.1, 0.15) is 32.4 Å². The van der Waals surface area contributed by atoms with E-state index in [9.17, 15) is 4.39 Å². The van der Waals surface area contributed by atoms with Crippen molar-refractivity contribution in [1.29, 1.82) is 0 Å². The van der Waals surface area contributed by atoms with Crippen molar-refractivity contribution in [2.45, 2.75) is 26.8 Å². The van der Waals surface area contributed by atoms with Gasteiger partial charge in [-0.05, 0) is 25.5 Å². The van der Waals surface area contributed by atoms with Crippen molar-refractivity contribution in [3.8, 4) is 5.75 Å². The van der Waals surface area contributed by atoms with Crippen LogP contribution in [0.2, 0.25) is 0 Å². The van der Waals surface area contributed by atoms with Gasteiger partial charge in [-0.15, -0.1) is 0 Å². The van der Waals surface area contributed by atoms with Gasteiger partial charge >= 0.3 is 0 Å². The Hall–Kier alpha value is -1.09. The Balaban J connectivity index is 2.71. The third-order valence-electron chi connectivity index (χ3n) is 2.51. The molecule has 1 aromatic carbocycles. The van der Waals surface area contributed by atoms with Crippen LogP contribution in [-0.4, -0.2) is 13.7 Å². The van der Waals surface area contributed by atoms with Crippen LogP contribution in [0.15, 0.2) is 18.2 Å². The Bertz CT molecular complexity index is 339. The van der Waals surface area contributed by atoms with E-state index in [1.807, 2.05) is 6.92 Å². The topological polar surface area (TPSA) is 21.3 Å². The van der Waals surface area contributed by atoms with E-state index in [0.717, 1.165) is 6.54 Å². The quantitative estimate of drug-likeness (QED) is 0.831. The highest BCUT2D eigenvalue weighted by atomic mass is 19.1. The Morgan fingerprint density at radius 2 is 2.00 bits per heavy atom. The highest BCUT2D eigenvalue weighted by Gasteiger charge is 2.11. The molecule has 0 saturated heterocycles. The summed E-state index contributed by atoms with van der Waals surface area (Å²) in [7, 11) is 1.54. The summed E-state index contributed by atoms with van der Waals surface area (Å²) in [5.41, 5.74) is 0.682. The first-order valence-corrected chi connectivity index (χ1v) is 5.61.